The summed E-state index contributed by atoms with van der Waals surface area (Å²) in [6.07, 6.45) is 1.12. The second-order valence-corrected chi connectivity index (χ2v) is 6.56. The molecular formula is C20H23N3. The first-order chi connectivity index (χ1) is 11.2. The van der Waals surface area contributed by atoms with Gasteiger partial charge in [0.1, 0.15) is 0 Å². The lowest BCUT2D eigenvalue weighted by molar-refractivity contribution is 0.309. The second kappa shape index (κ2) is 5.74. The highest BCUT2D eigenvalue weighted by molar-refractivity contribution is 5.86. The van der Waals surface area contributed by atoms with Gasteiger partial charge in [-0.05, 0) is 43.8 Å². The van der Waals surface area contributed by atoms with E-state index >= 15 is 0 Å². The van der Waals surface area contributed by atoms with Gasteiger partial charge in [-0.25, -0.2) is 0 Å². The van der Waals surface area contributed by atoms with E-state index in [4.69, 9.17) is 0 Å². The minimum absolute atomic E-state index is 0.822. The van der Waals surface area contributed by atoms with Crippen LogP contribution >= 0.6 is 0 Å². The van der Waals surface area contributed by atoms with Gasteiger partial charge in [-0.15, -0.1) is 0 Å². The maximum absolute atomic E-state index is 3.56. The van der Waals surface area contributed by atoms with Crippen LogP contribution in [0.1, 0.15) is 16.8 Å². The van der Waals surface area contributed by atoms with Gasteiger partial charge < -0.3 is 14.8 Å². The van der Waals surface area contributed by atoms with Crippen LogP contribution in [0.3, 0.4) is 0 Å². The quantitative estimate of drug-likeness (QED) is 0.789. The molecule has 23 heavy (non-hydrogen) atoms. The molecule has 0 radical (unpaired) electrons. The molecule has 3 heteroatoms. The second-order valence-electron chi connectivity index (χ2n) is 6.56. The van der Waals surface area contributed by atoms with E-state index in [1.54, 1.807) is 0 Å². The summed E-state index contributed by atoms with van der Waals surface area (Å²) in [6.45, 7) is 5.18. The zero-order chi connectivity index (χ0) is 15.8. The third-order valence-electron chi connectivity index (χ3n) is 4.82. The molecule has 0 spiro atoms. The van der Waals surface area contributed by atoms with Gasteiger partial charge in [0.15, 0.2) is 0 Å². The number of nitrogens with zero attached hydrogens (tertiary/aromatic N) is 2. The number of benzene rings is 2. The smallest absolute Gasteiger partial charge is 0.0922 e. The topological polar surface area (TPSA) is 20.2 Å². The summed E-state index contributed by atoms with van der Waals surface area (Å²) in [4.78, 5) is 2.42. The highest BCUT2D eigenvalue weighted by atomic mass is 15.2. The van der Waals surface area contributed by atoms with Crippen molar-refractivity contribution in [1.29, 1.82) is 0 Å². The number of aromatic nitrogens is 1. The van der Waals surface area contributed by atoms with E-state index in [-0.39, 0.29) is 0 Å². The van der Waals surface area contributed by atoms with Crippen LogP contribution in [0.15, 0.2) is 48.5 Å². The Labute approximate surface area is 137 Å². The lowest BCUT2D eigenvalue weighted by Crippen LogP contribution is -2.27. The molecule has 0 unspecified atom stereocenters. The lowest BCUT2D eigenvalue weighted by Gasteiger charge is -2.24. The van der Waals surface area contributed by atoms with Crippen LogP contribution in [0.2, 0.25) is 0 Å². The van der Waals surface area contributed by atoms with Crippen molar-refractivity contribution in [2.45, 2.75) is 26.6 Å². The first kappa shape index (κ1) is 14.3. The summed E-state index contributed by atoms with van der Waals surface area (Å²) in [6, 6.07) is 17.3. The van der Waals surface area contributed by atoms with Crippen LogP contribution in [0, 0.1) is 6.92 Å². The summed E-state index contributed by atoms with van der Waals surface area (Å²) < 4.78 is 2.46. The van der Waals surface area contributed by atoms with Gasteiger partial charge in [0.2, 0.25) is 0 Å². The lowest BCUT2D eigenvalue weighted by atomic mass is 10.0. The monoisotopic (exact) mass is 305 g/mol. The van der Waals surface area contributed by atoms with Gasteiger partial charge in [0.05, 0.1) is 12.2 Å². The zero-order valence-corrected chi connectivity index (χ0v) is 13.8. The van der Waals surface area contributed by atoms with E-state index in [1.165, 1.54) is 33.4 Å². The number of para-hydroxylation sites is 1. The first-order valence-corrected chi connectivity index (χ1v) is 8.30. The molecule has 1 aliphatic rings. The maximum atomic E-state index is 3.56. The highest BCUT2D eigenvalue weighted by Gasteiger charge is 2.22. The number of hydrogen-bond donors (Lipinski definition) is 1. The van der Waals surface area contributed by atoms with Gasteiger partial charge in [-0.2, -0.15) is 0 Å². The van der Waals surface area contributed by atoms with Crippen molar-refractivity contribution >= 4 is 16.6 Å². The average Bonchev–Trinajstić information content (AvgIpc) is 2.86. The van der Waals surface area contributed by atoms with Crippen LogP contribution < -0.4 is 5.32 Å². The van der Waals surface area contributed by atoms with Crippen LogP contribution in [-0.4, -0.2) is 23.1 Å². The first-order valence-electron chi connectivity index (χ1n) is 8.30. The molecule has 1 aliphatic heterocycles. The molecule has 0 atom stereocenters. The third kappa shape index (κ3) is 2.62. The van der Waals surface area contributed by atoms with Crippen molar-refractivity contribution in [2.24, 2.45) is 0 Å². The Morgan fingerprint density at radius 3 is 2.74 bits per heavy atom. The van der Waals surface area contributed by atoms with E-state index in [0.29, 0.717) is 0 Å². The highest BCUT2D eigenvalue weighted by Crippen LogP contribution is 2.31. The summed E-state index contributed by atoms with van der Waals surface area (Å²) in [5.41, 5.74) is 6.85. The minimum atomic E-state index is 0.822. The summed E-state index contributed by atoms with van der Waals surface area (Å²) in [5.74, 6) is 0. The molecule has 1 aromatic heterocycles. The number of rotatable bonds is 3. The van der Waals surface area contributed by atoms with Crippen LogP contribution in [0.25, 0.3) is 10.9 Å². The van der Waals surface area contributed by atoms with Crippen molar-refractivity contribution in [1.82, 2.24) is 9.47 Å². The predicted molar refractivity (Wildman–Crippen MR) is 96.8 cm³/mol. The number of nitrogens with one attached hydrogen (secondary N) is 1. The Bertz CT molecular complexity index is 833. The van der Waals surface area contributed by atoms with Gasteiger partial charge in [-0.3, -0.25) is 0 Å². The maximum Gasteiger partial charge on any atom is 0.0922 e. The Morgan fingerprint density at radius 2 is 1.91 bits per heavy atom. The molecule has 1 N–H and O–H groups in total. The van der Waals surface area contributed by atoms with Crippen LogP contribution in [0.5, 0.6) is 0 Å². The molecule has 0 saturated heterocycles. The number of aryl methyl sites for hydroxylation is 1. The van der Waals surface area contributed by atoms with Crippen molar-refractivity contribution in [3.63, 3.8) is 0 Å². The fraction of sp³-hybridized carbons (Fsp3) is 0.300. The van der Waals surface area contributed by atoms with Crippen LogP contribution in [0.4, 0.5) is 5.69 Å². The molecule has 2 aromatic carbocycles. The molecule has 3 aromatic rings. The van der Waals surface area contributed by atoms with E-state index in [0.717, 1.165) is 26.2 Å². The number of fused-ring (bicyclic) bond motifs is 3. The van der Waals surface area contributed by atoms with E-state index in [9.17, 15) is 0 Å². The zero-order valence-electron chi connectivity index (χ0n) is 13.8. The molecule has 0 amide bonds. The third-order valence-corrected chi connectivity index (χ3v) is 4.82. The molecule has 3 nitrogen and oxygen atoms in total. The molecule has 0 bridgehead atoms. The average molecular weight is 305 g/mol. The molecule has 0 saturated carbocycles. The Balaban J connectivity index is 1.76. The van der Waals surface area contributed by atoms with Crippen molar-refractivity contribution in [2.75, 3.05) is 18.9 Å². The molecule has 2 heterocycles. The normalized spacial score (nSPS) is 14.9. The van der Waals surface area contributed by atoms with Gasteiger partial charge in [-0.1, -0.05) is 29.8 Å². The Morgan fingerprint density at radius 1 is 1.09 bits per heavy atom. The Hall–Kier alpha value is -2.26. The van der Waals surface area contributed by atoms with Crippen molar-refractivity contribution in [3.8, 4) is 0 Å². The molecule has 4 rings (SSSR count). The number of likely N-dealkylation sites (N-methyl/N-ethyl adjacent to an activating group) is 1. The minimum Gasteiger partial charge on any atom is -0.367 e. The Kier molecular flexibility index (Phi) is 3.58. The van der Waals surface area contributed by atoms with Crippen molar-refractivity contribution < 1.29 is 0 Å². The van der Waals surface area contributed by atoms with Gasteiger partial charge in [0.25, 0.3) is 0 Å². The summed E-state index contributed by atoms with van der Waals surface area (Å²) in [5, 5.41) is 4.98. The SMILES string of the molecule is Cc1ccc2c(c1)c1c(n2CNc2ccccc2)CCN(C)C1. The molecule has 0 fully saturated rings. The standard InChI is InChI=1S/C20H23N3/c1-15-8-9-19-17(12-15)18-13-22(2)11-10-20(18)23(19)14-21-16-6-4-3-5-7-16/h3-9,12,21H,10-11,13-14H2,1-2H3. The summed E-state index contributed by atoms with van der Waals surface area (Å²) in [7, 11) is 2.21. The largest absolute Gasteiger partial charge is 0.367 e. The van der Waals surface area contributed by atoms with E-state index in [1.807, 2.05) is 0 Å². The molecular weight excluding hydrogens is 282 g/mol. The van der Waals surface area contributed by atoms with Gasteiger partial charge >= 0.3 is 0 Å². The number of anilines is 1. The summed E-state index contributed by atoms with van der Waals surface area (Å²) >= 11 is 0. The molecule has 118 valence electrons. The van der Waals surface area contributed by atoms with Crippen LogP contribution in [-0.2, 0) is 19.6 Å². The van der Waals surface area contributed by atoms with E-state index in [2.05, 4.69) is 77.3 Å². The fourth-order valence-electron chi connectivity index (χ4n) is 3.61. The number of hydrogen-bond acceptors (Lipinski definition) is 2. The fourth-order valence-corrected chi connectivity index (χ4v) is 3.61. The van der Waals surface area contributed by atoms with E-state index < -0.39 is 0 Å². The van der Waals surface area contributed by atoms with Crippen molar-refractivity contribution in [3.05, 3.63) is 65.4 Å². The van der Waals surface area contributed by atoms with Gasteiger partial charge in [0, 0.05) is 36.3 Å². The molecule has 0 aliphatic carbocycles. The predicted octanol–water partition coefficient (Wildman–Crippen LogP) is 4.01.